The number of fused-ring (bicyclic) bond motifs is 1. The predicted octanol–water partition coefficient (Wildman–Crippen LogP) is 2.02. The van der Waals surface area contributed by atoms with Crippen molar-refractivity contribution in [1.82, 2.24) is 9.88 Å². The fourth-order valence-electron chi connectivity index (χ4n) is 3.80. The topological polar surface area (TPSA) is 74.1 Å². The Morgan fingerprint density at radius 2 is 2.25 bits per heavy atom. The van der Waals surface area contributed by atoms with Gasteiger partial charge in [0.1, 0.15) is 6.07 Å². The van der Waals surface area contributed by atoms with Crippen LogP contribution >= 0.6 is 9.24 Å². The summed E-state index contributed by atoms with van der Waals surface area (Å²) in [5.74, 6) is -0.566. The second kappa shape index (κ2) is 6.11. The number of aromatic nitrogens is 1. The first-order chi connectivity index (χ1) is 11.4. The van der Waals surface area contributed by atoms with Crippen molar-refractivity contribution in [2.24, 2.45) is 11.8 Å². The minimum Gasteiger partial charge on any atom is -0.337 e. The molecule has 1 fully saturated rings. The van der Waals surface area contributed by atoms with Crippen LogP contribution in [0.15, 0.2) is 30.0 Å². The normalized spacial score (nSPS) is 29.8. The minimum absolute atomic E-state index is 0.0367. The lowest BCUT2D eigenvalue weighted by molar-refractivity contribution is -0.140. The number of allylic oxidation sites excluding steroid dienone is 1. The number of hydrogen-bond acceptors (Lipinski definition) is 4. The van der Waals surface area contributed by atoms with Crippen molar-refractivity contribution in [2.45, 2.75) is 32.0 Å². The summed E-state index contributed by atoms with van der Waals surface area (Å²) in [7, 11) is 2.62. The van der Waals surface area contributed by atoms with Crippen LogP contribution in [0.4, 0.5) is 0 Å². The first-order valence-corrected chi connectivity index (χ1v) is 8.61. The van der Waals surface area contributed by atoms with Crippen molar-refractivity contribution >= 4 is 20.9 Å². The predicted molar refractivity (Wildman–Crippen MR) is 92.8 cm³/mol. The number of nitrogens with zero attached hydrogens (tertiary/aromatic N) is 3. The Morgan fingerprint density at radius 3 is 2.92 bits per heavy atom. The van der Waals surface area contributed by atoms with Crippen LogP contribution in [0.5, 0.6) is 0 Å². The van der Waals surface area contributed by atoms with Gasteiger partial charge >= 0.3 is 0 Å². The maximum absolute atomic E-state index is 13.1. The Hall–Kier alpha value is -2.05. The molecule has 0 spiro atoms. The molecule has 1 aliphatic carbocycles. The summed E-state index contributed by atoms with van der Waals surface area (Å²) < 4.78 is 0. The molecule has 0 radical (unpaired) electrons. The number of carbonyl (C=O) groups is 2. The van der Waals surface area contributed by atoms with Gasteiger partial charge in [-0.25, -0.2) is 0 Å². The smallest absolute Gasteiger partial charge is 0.237 e. The molecule has 1 aliphatic heterocycles. The first kappa shape index (κ1) is 16.8. The zero-order chi connectivity index (χ0) is 17.5. The summed E-state index contributed by atoms with van der Waals surface area (Å²) in [6.07, 6.45) is 4.06. The molecule has 1 amide bonds. The molecule has 0 saturated carbocycles. The third-order valence-electron chi connectivity index (χ3n) is 5.10. The molecular formula is C18H20N3O2P. The van der Waals surface area contributed by atoms with E-state index in [9.17, 15) is 14.9 Å². The molecule has 124 valence electrons. The molecule has 1 saturated heterocycles. The lowest BCUT2D eigenvalue weighted by Gasteiger charge is -2.47. The highest BCUT2D eigenvalue weighted by molar-refractivity contribution is 7.21. The Kier molecular flexibility index (Phi) is 4.27. The van der Waals surface area contributed by atoms with E-state index in [2.05, 4.69) is 14.2 Å². The van der Waals surface area contributed by atoms with Crippen LogP contribution < -0.4 is 0 Å². The number of likely N-dealkylation sites (tertiary alicyclic amines) is 1. The van der Waals surface area contributed by atoms with Crippen molar-refractivity contribution in [3.63, 3.8) is 0 Å². The van der Waals surface area contributed by atoms with Crippen LogP contribution in [-0.2, 0) is 16.1 Å². The summed E-state index contributed by atoms with van der Waals surface area (Å²) in [4.78, 5) is 31.3. The lowest BCUT2D eigenvalue weighted by Crippen LogP contribution is -2.58. The van der Waals surface area contributed by atoms with Crippen molar-refractivity contribution in [3.8, 4) is 6.07 Å². The van der Waals surface area contributed by atoms with Crippen LogP contribution in [0.3, 0.4) is 0 Å². The van der Waals surface area contributed by atoms with E-state index in [-0.39, 0.29) is 29.1 Å². The Balaban J connectivity index is 1.92. The van der Waals surface area contributed by atoms with E-state index < -0.39 is 5.16 Å². The maximum atomic E-state index is 13.1. The van der Waals surface area contributed by atoms with Crippen LogP contribution in [0.1, 0.15) is 24.6 Å². The lowest BCUT2D eigenvalue weighted by atomic mass is 9.69. The molecule has 0 N–H and O–H groups in total. The van der Waals surface area contributed by atoms with E-state index in [1.54, 1.807) is 12.3 Å². The van der Waals surface area contributed by atoms with Gasteiger partial charge in [-0.1, -0.05) is 6.92 Å². The number of ketones is 1. The third kappa shape index (κ3) is 2.65. The summed E-state index contributed by atoms with van der Waals surface area (Å²) >= 11 is 0. The van der Waals surface area contributed by atoms with E-state index in [1.165, 1.54) is 0 Å². The van der Waals surface area contributed by atoms with E-state index in [1.807, 2.05) is 36.9 Å². The minimum atomic E-state index is -0.862. The summed E-state index contributed by atoms with van der Waals surface area (Å²) in [6.45, 7) is 4.88. The standard InChI is InChI=1S/C18H20N3O2P/c1-11-7-13(3-5-20-11)10-21-6-4-15-12(2)16(22)14(9-19)8-18(15,24)17(21)23/h3,5,7-8,12,15H,4,6,10,24H2,1-2H3/t12-,15-,18+/m1/s1. The van der Waals surface area contributed by atoms with Gasteiger partial charge in [-0.3, -0.25) is 14.6 Å². The molecule has 3 rings (SSSR count). The molecule has 2 heterocycles. The first-order valence-electron chi connectivity index (χ1n) is 8.03. The molecule has 2 aliphatic rings. The van der Waals surface area contributed by atoms with Gasteiger partial charge in [-0.05, 0) is 43.0 Å². The van der Waals surface area contributed by atoms with E-state index >= 15 is 0 Å². The number of carbonyl (C=O) groups excluding carboxylic acids is 2. The molecule has 1 unspecified atom stereocenters. The number of rotatable bonds is 2. The number of amides is 1. The average Bonchev–Trinajstić information content (AvgIpc) is 2.55. The second-order valence-electron chi connectivity index (χ2n) is 6.68. The van der Waals surface area contributed by atoms with Gasteiger partial charge in [0.2, 0.25) is 5.91 Å². The molecule has 1 aromatic rings. The van der Waals surface area contributed by atoms with Crippen LogP contribution in [0.2, 0.25) is 0 Å². The zero-order valence-electron chi connectivity index (χ0n) is 13.8. The molecule has 0 aromatic carbocycles. The van der Waals surface area contributed by atoms with Gasteiger partial charge in [0.25, 0.3) is 0 Å². The van der Waals surface area contributed by atoms with Gasteiger partial charge in [0.15, 0.2) is 5.78 Å². The molecule has 1 aromatic heterocycles. The van der Waals surface area contributed by atoms with E-state index in [0.29, 0.717) is 13.1 Å². The molecule has 6 heteroatoms. The van der Waals surface area contributed by atoms with Gasteiger partial charge in [-0.2, -0.15) is 5.26 Å². The number of aryl methyl sites for hydroxylation is 1. The highest BCUT2D eigenvalue weighted by Crippen LogP contribution is 2.46. The largest absolute Gasteiger partial charge is 0.337 e. The fraction of sp³-hybridized carbons (Fsp3) is 0.444. The molecular weight excluding hydrogens is 321 g/mol. The number of piperidine rings is 1. The highest BCUT2D eigenvalue weighted by Gasteiger charge is 2.52. The zero-order valence-corrected chi connectivity index (χ0v) is 15.0. The van der Waals surface area contributed by atoms with Gasteiger partial charge < -0.3 is 4.90 Å². The number of nitriles is 1. The van der Waals surface area contributed by atoms with Crippen LogP contribution in [0.25, 0.3) is 0 Å². The van der Waals surface area contributed by atoms with Crippen LogP contribution in [0, 0.1) is 30.1 Å². The van der Waals surface area contributed by atoms with Crippen LogP contribution in [-0.4, -0.2) is 33.3 Å². The average molecular weight is 341 g/mol. The fourth-order valence-corrected chi connectivity index (χ4v) is 4.60. The van der Waals surface area contributed by atoms with E-state index in [0.717, 1.165) is 17.7 Å². The Morgan fingerprint density at radius 1 is 1.50 bits per heavy atom. The highest BCUT2D eigenvalue weighted by atomic mass is 31.0. The summed E-state index contributed by atoms with van der Waals surface area (Å²) in [6, 6.07) is 5.83. The quantitative estimate of drug-likeness (QED) is 0.772. The van der Waals surface area contributed by atoms with Gasteiger partial charge in [0, 0.05) is 30.9 Å². The van der Waals surface area contributed by atoms with Crippen molar-refractivity contribution in [1.29, 1.82) is 5.26 Å². The monoisotopic (exact) mass is 341 g/mol. The number of hydrogen-bond donors (Lipinski definition) is 0. The maximum Gasteiger partial charge on any atom is 0.237 e. The second-order valence-corrected chi connectivity index (χ2v) is 7.64. The third-order valence-corrected chi connectivity index (χ3v) is 5.94. The SMILES string of the molecule is Cc1cc(CN2CC[C@@H]3[C@@H](C)C(=O)C(C#N)=C[C@@]3(P)C2=O)ccn1. The van der Waals surface area contributed by atoms with E-state index in [4.69, 9.17) is 0 Å². The summed E-state index contributed by atoms with van der Waals surface area (Å²) in [5.41, 5.74) is 2.05. The van der Waals surface area contributed by atoms with Crippen molar-refractivity contribution < 1.29 is 9.59 Å². The van der Waals surface area contributed by atoms with Gasteiger partial charge in [-0.15, -0.1) is 9.24 Å². The molecule has 24 heavy (non-hydrogen) atoms. The molecule has 0 bridgehead atoms. The van der Waals surface area contributed by atoms with Gasteiger partial charge in [0.05, 0.1) is 10.7 Å². The Bertz CT molecular complexity index is 783. The molecule has 4 atom stereocenters. The Labute approximate surface area is 143 Å². The van der Waals surface area contributed by atoms with Crippen molar-refractivity contribution in [3.05, 3.63) is 41.2 Å². The molecule has 5 nitrogen and oxygen atoms in total. The number of Topliss-reactive ketones (excluding diaryl/α,β-unsaturated/α-hetero) is 1. The summed E-state index contributed by atoms with van der Waals surface area (Å²) in [5, 5.41) is 8.36. The number of pyridine rings is 1. The van der Waals surface area contributed by atoms with Crippen molar-refractivity contribution in [2.75, 3.05) is 6.54 Å².